The van der Waals surface area contributed by atoms with Crippen LogP contribution in [0, 0.1) is 6.92 Å². The molecular formula is C19H27N5O3. The molecule has 3 N–H and O–H groups in total. The molecule has 1 saturated heterocycles. The molecule has 1 fully saturated rings. The van der Waals surface area contributed by atoms with E-state index in [9.17, 15) is 14.7 Å². The zero-order valence-corrected chi connectivity index (χ0v) is 16.1. The molecule has 8 heteroatoms. The summed E-state index contributed by atoms with van der Waals surface area (Å²) < 4.78 is 1.92. The molecule has 8 nitrogen and oxygen atoms in total. The van der Waals surface area contributed by atoms with Crippen LogP contribution in [0.3, 0.4) is 0 Å². The SMILES string of the molecule is Cc1nc2cc(C(=O)N3CCN(C(C)C)[C@H](C(N)=O)C3)ccc2n1CCO. The van der Waals surface area contributed by atoms with Crippen molar-refractivity contribution in [2.75, 3.05) is 26.2 Å². The smallest absolute Gasteiger partial charge is 0.254 e. The van der Waals surface area contributed by atoms with Gasteiger partial charge in [0.25, 0.3) is 5.91 Å². The maximum atomic E-state index is 13.0. The normalized spacial score (nSPS) is 18.4. The molecule has 1 aliphatic rings. The summed E-state index contributed by atoms with van der Waals surface area (Å²) in [4.78, 5) is 33.1. The van der Waals surface area contributed by atoms with Gasteiger partial charge in [0.05, 0.1) is 17.6 Å². The third-order valence-electron chi connectivity index (χ3n) is 5.21. The number of benzene rings is 1. The van der Waals surface area contributed by atoms with Crippen LogP contribution in [0.1, 0.15) is 30.0 Å². The number of rotatable bonds is 5. The molecule has 2 aromatic rings. The molecule has 2 amide bonds. The van der Waals surface area contributed by atoms with Crippen LogP contribution < -0.4 is 5.73 Å². The van der Waals surface area contributed by atoms with Crippen LogP contribution in [0.25, 0.3) is 11.0 Å². The first kappa shape index (κ1) is 19.3. The molecule has 0 unspecified atom stereocenters. The highest BCUT2D eigenvalue weighted by Gasteiger charge is 2.34. The Kier molecular flexibility index (Phi) is 5.48. The van der Waals surface area contributed by atoms with Gasteiger partial charge < -0.3 is 20.3 Å². The van der Waals surface area contributed by atoms with E-state index < -0.39 is 11.9 Å². The van der Waals surface area contributed by atoms with Crippen LogP contribution in [0.5, 0.6) is 0 Å². The third kappa shape index (κ3) is 3.68. The second-order valence-corrected chi connectivity index (χ2v) is 7.24. The Morgan fingerprint density at radius 2 is 2.07 bits per heavy atom. The molecule has 1 aromatic carbocycles. The Bertz CT molecular complexity index is 860. The van der Waals surface area contributed by atoms with Crippen LogP contribution >= 0.6 is 0 Å². The number of carbonyl (C=O) groups excluding carboxylic acids is 2. The first-order valence-corrected chi connectivity index (χ1v) is 9.25. The number of aryl methyl sites for hydroxylation is 1. The molecule has 0 spiro atoms. The highest BCUT2D eigenvalue weighted by Crippen LogP contribution is 2.20. The summed E-state index contributed by atoms with van der Waals surface area (Å²) >= 11 is 0. The number of imidazole rings is 1. The lowest BCUT2D eigenvalue weighted by Gasteiger charge is -2.42. The summed E-state index contributed by atoms with van der Waals surface area (Å²) in [5, 5.41) is 9.21. The van der Waals surface area contributed by atoms with Gasteiger partial charge in [-0.3, -0.25) is 14.5 Å². The van der Waals surface area contributed by atoms with Gasteiger partial charge in [0.2, 0.25) is 5.91 Å². The maximum absolute atomic E-state index is 13.0. The van der Waals surface area contributed by atoms with E-state index >= 15 is 0 Å². The van der Waals surface area contributed by atoms with Crippen molar-refractivity contribution in [3.05, 3.63) is 29.6 Å². The monoisotopic (exact) mass is 373 g/mol. The van der Waals surface area contributed by atoms with E-state index in [1.807, 2.05) is 36.3 Å². The van der Waals surface area contributed by atoms with Gasteiger partial charge in [-0.15, -0.1) is 0 Å². The molecule has 0 bridgehead atoms. The van der Waals surface area contributed by atoms with E-state index in [2.05, 4.69) is 4.98 Å². The van der Waals surface area contributed by atoms with Gasteiger partial charge in [0.1, 0.15) is 11.9 Å². The zero-order valence-electron chi connectivity index (χ0n) is 16.1. The Hall–Kier alpha value is -2.45. The number of primary amides is 1. The molecular weight excluding hydrogens is 346 g/mol. The molecule has 0 radical (unpaired) electrons. The van der Waals surface area contributed by atoms with Gasteiger partial charge in [-0.1, -0.05) is 0 Å². The molecule has 1 aromatic heterocycles. The second kappa shape index (κ2) is 7.66. The number of fused-ring (bicyclic) bond motifs is 1. The van der Waals surface area contributed by atoms with E-state index in [-0.39, 0.29) is 18.6 Å². The molecule has 1 aliphatic heterocycles. The summed E-state index contributed by atoms with van der Waals surface area (Å²) in [6.45, 7) is 7.87. The fourth-order valence-corrected chi connectivity index (χ4v) is 3.80. The average molecular weight is 373 g/mol. The van der Waals surface area contributed by atoms with Crippen molar-refractivity contribution in [2.45, 2.75) is 39.4 Å². The number of aliphatic hydroxyl groups is 1. The number of nitrogens with zero attached hydrogens (tertiary/aromatic N) is 4. The minimum Gasteiger partial charge on any atom is -0.395 e. The Labute approximate surface area is 158 Å². The van der Waals surface area contributed by atoms with E-state index in [1.54, 1.807) is 17.0 Å². The largest absolute Gasteiger partial charge is 0.395 e. The van der Waals surface area contributed by atoms with Crippen molar-refractivity contribution >= 4 is 22.8 Å². The molecule has 1 atom stereocenters. The van der Waals surface area contributed by atoms with Crippen molar-refractivity contribution < 1.29 is 14.7 Å². The predicted molar refractivity (Wildman–Crippen MR) is 102 cm³/mol. The third-order valence-corrected chi connectivity index (χ3v) is 5.21. The highest BCUT2D eigenvalue weighted by molar-refractivity contribution is 5.98. The summed E-state index contributed by atoms with van der Waals surface area (Å²) in [7, 11) is 0. The lowest BCUT2D eigenvalue weighted by molar-refractivity contribution is -0.126. The van der Waals surface area contributed by atoms with Gasteiger partial charge >= 0.3 is 0 Å². The standard InChI is InChI=1S/C19H27N5O3/c1-12(2)23-7-6-22(11-17(23)18(20)26)19(27)14-4-5-16-15(10-14)21-13(3)24(16)8-9-25/h4-5,10,12,17,25H,6-9,11H2,1-3H3,(H2,20,26)/t17-/m0/s1. The fourth-order valence-electron chi connectivity index (χ4n) is 3.80. The van der Waals surface area contributed by atoms with Crippen molar-refractivity contribution in [3.8, 4) is 0 Å². The van der Waals surface area contributed by atoms with Crippen molar-refractivity contribution in [1.29, 1.82) is 0 Å². The van der Waals surface area contributed by atoms with E-state index in [0.29, 0.717) is 31.7 Å². The number of amides is 2. The first-order chi connectivity index (χ1) is 12.8. The zero-order chi connectivity index (χ0) is 19.7. The molecule has 27 heavy (non-hydrogen) atoms. The van der Waals surface area contributed by atoms with E-state index in [1.165, 1.54) is 0 Å². The van der Waals surface area contributed by atoms with Crippen molar-refractivity contribution in [2.24, 2.45) is 5.73 Å². The van der Waals surface area contributed by atoms with Gasteiger partial charge in [-0.05, 0) is 39.0 Å². The number of nitrogens with two attached hydrogens (primary N) is 1. The Balaban J connectivity index is 1.84. The Morgan fingerprint density at radius 3 is 2.70 bits per heavy atom. The van der Waals surface area contributed by atoms with Crippen LogP contribution in [-0.2, 0) is 11.3 Å². The van der Waals surface area contributed by atoms with Gasteiger partial charge in [-0.25, -0.2) is 4.98 Å². The molecule has 3 rings (SSSR count). The van der Waals surface area contributed by atoms with Gasteiger partial charge in [-0.2, -0.15) is 0 Å². The van der Waals surface area contributed by atoms with Gasteiger partial charge in [0, 0.05) is 37.8 Å². The number of hydrogen-bond donors (Lipinski definition) is 2. The number of aromatic nitrogens is 2. The van der Waals surface area contributed by atoms with Crippen molar-refractivity contribution in [1.82, 2.24) is 19.4 Å². The summed E-state index contributed by atoms with van der Waals surface area (Å²) in [6.07, 6.45) is 0. The van der Waals surface area contributed by atoms with Crippen LogP contribution in [-0.4, -0.2) is 74.6 Å². The predicted octanol–water partition coefficient (Wildman–Crippen LogP) is 0.357. The Morgan fingerprint density at radius 1 is 1.33 bits per heavy atom. The second-order valence-electron chi connectivity index (χ2n) is 7.24. The molecule has 0 saturated carbocycles. The number of carbonyl (C=O) groups is 2. The molecule has 146 valence electrons. The number of piperazine rings is 1. The quantitative estimate of drug-likeness (QED) is 0.787. The van der Waals surface area contributed by atoms with Gasteiger partial charge in [0.15, 0.2) is 0 Å². The van der Waals surface area contributed by atoms with Crippen LogP contribution in [0.15, 0.2) is 18.2 Å². The van der Waals surface area contributed by atoms with E-state index in [0.717, 1.165) is 16.9 Å². The average Bonchev–Trinajstić information content (AvgIpc) is 2.95. The summed E-state index contributed by atoms with van der Waals surface area (Å²) in [5.74, 6) is 0.263. The molecule has 0 aliphatic carbocycles. The van der Waals surface area contributed by atoms with Crippen LogP contribution in [0.4, 0.5) is 0 Å². The fraction of sp³-hybridized carbons (Fsp3) is 0.526. The summed E-state index contributed by atoms with van der Waals surface area (Å²) in [5.41, 5.74) is 7.71. The van der Waals surface area contributed by atoms with E-state index in [4.69, 9.17) is 5.73 Å². The lowest BCUT2D eigenvalue weighted by Crippen LogP contribution is -2.61. The topological polar surface area (TPSA) is 105 Å². The minimum absolute atomic E-state index is 0.0294. The summed E-state index contributed by atoms with van der Waals surface area (Å²) in [6, 6.07) is 5.11. The van der Waals surface area contributed by atoms with Crippen LogP contribution in [0.2, 0.25) is 0 Å². The highest BCUT2D eigenvalue weighted by atomic mass is 16.3. The lowest BCUT2D eigenvalue weighted by atomic mass is 10.1. The van der Waals surface area contributed by atoms with Crippen molar-refractivity contribution in [3.63, 3.8) is 0 Å². The number of aliphatic hydroxyl groups excluding tert-OH is 1. The first-order valence-electron chi connectivity index (χ1n) is 9.25. The number of hydrogen-bond acceptors (Lipinski definition) is 5. The molecule has 2 heterocycles. The maximum Gasteiger partial charge on any atom is 0.254 e. The minimum atomic E-state index is -0.475.